The van der Waals surface area contributed by atoms with Crippen LogP contribution in [-0.4, -0.2) is 49.2 Å². The lowest BCUT2D eigenvalue weighted by atomic mass is 9.92. The van der Waals surface area contributed by atoms with Gasteiger partial charge in [-0.25, -0.2) is 8.42 Å². The fourth-order valence-electron chi connectivity index (χ4n) is 4.06. The summed E-state index contributed by atoms with van der Waals surface area (Å²) in [6, 6.07) is 7.85. The summed E-state index contributed by atoms with van der Waals surface area (Å²) in [5.74, 6) is -6.74. The van der Waals surface area contributed by atoms with Crippen LogP contribution in [0.1, 0.15) is 45.7 Å². The average Bonchev–Trinajstić information content (AvgIpc) is 2.81. The van der Waals surface area contributed by atoms with Gasteiger partial charge in [-0.1, -0.05) is 50.2 Å². The maximum Gasteiger partial charge on any atom is 0.455 e. The van der Waals surface area contributed by atoms with Crippen LogP contribution in [0.15, 0.2) is 53.4 Å². The second kappa shape index (κ2) is 11.8. The van der Waals surface area contributed by atoms with E-state index < -0.39 is 57.3 Å². The van der Waals surface area contributed by atoms with Crippen molar-refractivity contribution in [3.63, 3.8) is 0 Å². The first-order valence-electron chi connectivity index (χ1n) is 11.8. The highest BCUT2D eigenvalue weighted by atomic mass is 32.2. The normalized spacial score (nSPS) is 14.5. The third kappa shape index (κ3) is 6.69. The van der Waals surface area contributed by atoms with Gasteiger partial charge in [-0.15, -0.1) is 0 Å². The number of benzene rings is 2. The molecule has 0 unspecified atom stereocenters. The van der Waals surface area contributed by atoms with E-state index in [0.717, 1.165) is 12.1 Å². The molecule has 2 aromatic carbocycles. The first-order chi connectivity index (χ1) is 17.4. The van der Waals surface area contributed by atoms with Gasteiger partial charge in [0, 0.05) is 0 Å². The molecule has 2 rings (SSSR count). The summed E-state index contributed by atoms with van der Waals surface area (Å²) in [6.07, 6.45) is -6.12. The van der Waals surface area contributed by atoms with E-state index in [1.54, 1.807) is 19.9 Å². The summed E-state index contributed by atoms with van der Waals surface area (Å²) in [6.45, 7) is 5.46. The van der Waals surface area contributed by atoms with Gasteiger partial charge in [0.05, 0.1) is 28.8 Å². The largest absolute Gasteiger partial charge is 0.455 e. The van der Waals surface area contributed by atoms with E-state index in [1.165, 1.54) is 50.2 Å². The van der Waals surface area contributed by atoms with Gasteiger partial charge in [0.1, 0.15) is 6.04 Å². The van der Waals surface area contributed by atoms with Crippen LogP contribution in [0.3, 0.4) is 0 Å². The molecule has 1 amide bonds. The predicted octanol–water partition coefficient (Wildman–Crippen LogP) is 5.50. The summed E-state index contributed by atoms with van der Waals surface area (Å²) >= 11 is 0. The van der Waals surface area contributed by atoms with Crippen LogP contribution in [-0.2, 0) is 14.6 Å². The van der Waals surface area contributed by atoms with Crippen molar-refractivity contribution < 1.29 is 35.2 Å². The second-order valence-corrected chi connectivity index (χ2v) is 12.1. The molecule has 2 aromatic rings. The van der Waals surface area contributed by atoms with E-state index in [2.05, 4.69) is 0 Å². The number of halogens is 5. The molecule has 0 aromatic heterocycles. The molecule has 6 nitrogen and oxygen atoms in total. The fourth-order valence-corrected chi connectivity index (χ4v) is 5.12. The summed E-state index contributed by atoms with van der Waals surface area (Å²) in [5, 5.41) is 8.62. The van der Waals surface area contributed by atoms with Gasteiger partial charge in [-0.3, -0.25) is 9.69 Å². The number of nitrogens with zero attached hydrogens (tertiary/aromatic N) is 2. The number of rotatable bonds is 11. The molecule has 0 saturated heterocycles. The van der Waals surface area contributed by atoms with Gasteiger partial charge in [-0.2, -0.15) is 27.2 Å². The van der Waals surface area contributed by atoms with Crippen LogP contribution >= 0.6 is 0 Å². The minimum Gasteiger partial charge on any atom is -0.368 e. The molecule has 12 heteroatoms. The number of nitriles is 1. The van der Waals surface area contributed by atoms with E-state index in [-0.39, 0.29) is 17.2 Å². The zero-order chi connectivity index (χ0) is 29.1. The zero-order valence-electron chi connectivity index (χ0n) is 21.3. The predicted molar refractivity (Wildman–Crippen MR) is 133 cm³/mol. The van der Waals surface area contributed by atoms with Crippen LogP contribution in [0.5, 0.6) is 0 Å². The molecule has 38 heavy (non-hydrogen) atoms. The fraction of sp³-hybridized carbons (Fsp3) is 0.462. The first kappa shape index (κ1) is 31.2. The van der Waals surface area contributed by atoms with Crippen LogP contribution < -0.4 is 5.73 Å². The van der Waals surface area contributed by atoms with Crippen molar-refractivity contribution in [1.82, 2.24) is 4.90 Å². The number of nitrogens with two attached hydrogens (primary N) is 1. The Morgan fingerprint density at radius 3 is 1.79 bits per heavy atom. The van der Waals surface area contributed by atoms with Crippen LogP contribution in [0.2, 0.25) is 0 Å². The van der Waals surface area contributed by atoms with Gasteiger partial charge < -0.3 is 5.73 Å². The van der Waals surface area contributed by atoms with Crippen molar-refractivity contribution in [2.75, 3.05) is 6.54 Å². The van der Waals surface area contributed by atoms with Crippen LogP contribution in [0.25, 0.3) is 11.1 Å². The Kier molecular flexibility index (Phi) is 9.67. The molecule has 0 aliphatic carbocycles. The van der Waals surface area contributed by atoms with Crippen molar-refractivity contribution >= 4 is 15.7 Å². The van der Waals surface area contributed by atoms with Crippen molar-refractivity contribution in [3.05, 3.63) is 54.1 Å². The molecule has 208 valence electrons. The van der Waals surface area contributed by atoms with Crippen LogP contribution in [0, 0.1) is 17.2 Å². The van der Waals surface area contributed by atoms with Crippen molar-refractivity contribution in [2.45, 2.75) is 68.4 Å². The van der Waals surface area contributed by atoms with Crippen molar-refractivity contribution in [2.24, 2.45) is 11.7 Å². The highest BCUT2D eigenvalue weighted by Crippen LogP contribution is 2.48. The Balaban J connectivity index is 2.60. The second-order valence-electron chi connectivity index (χ2n) is 9.64. The number of alkyl halides is 5. The zero-order valence-corrected chi connectivity index (χ0v) is 22.2. The number of carbonyl (C=O) groups excluding carboxylic acids is 1. The molecule has 0 fully saturated rings. The Hall–Kier alpha value is -3.04. The van der Waals surface area contributed by atoms with Gasteiger partial charge in [0.15, 0.2) is 9.84 Å². The summed E-state index contributed by atoms with van der Waals surface area (Å²) in [5.41, 5.74) is 5.84. The lowest BCUT2D eigenvalue weighted by Crippen LogP contribution is -2.56. The Bertz CT molecular complexity index is 1250. The van der Waals surface area contributed by atoms with E-state index in [0.29, 0.717) is 16.0 Å². The first-order valence-corrected chi connectivity index (χ1v) is 13.3. The summed E-state index contributed by atoms with van der Waals surface area (Å²) in [4.78, 5) is 12.7. The third-order valence-electron chi connectivity index (χ3n) is 6.09. The number of hydrogen-bond donors (Lipinski definition) is 1. The molecular weight excluding hydrogens is 529 g/mol. The molecule has 0 heterocycles. The van der Waals surface area contributed by atoms with Gasteiger partial charge in [-0.05, 0) is 55.0 Å². The lowest BCUT2D eigenvalue weighted by molar-refractivity contribution is -0.306. The molecule has 0 aliphatic heterocycles. The molecule has 0 aliphatic rings. The minimum absolute atomic E-state index is 0.0903. The number of primary amides is 1. The molecule has 2 N–H and O–H groups in total. The number of sulfone groups is 1. The topological polar surface area (TPSA) is 104 Å². The van der Waals surface area contributed by atoms with Crippen molar-refractivity contribution in [1.29, 1.82) is 5.26 Å². The van der Waals surface area contributed by atoms with E-state index in [1.807, 2.05) is 0 Å². The highest BCUT2D eigenvalue weighted by Gasteiger charge is 2.65. The molecule has 0 bridgehead atoms. The van der Waals surface area contributed by atoms with E-state index >= 15 is 0 Å². The maximum atomic E-state index is 15.0. The van der Waals surface area contributed by atoms with Gasteiger partial charge in [0.2, 0.25) is 5.91 Å². The monoisotopic (exact) mass is 559 g/mol. The van der Waals surface area contributed by atoms with Crippen LogP contribution in [0.4, 0.5) is 22.0 Å². The van der Waals surface area contributed by atoms with Gasteiger partial charge >= 0.3 is 12.1 Å². The molecular formula is C26H30F5N3O3S. The number of amides is 1. The van der Waals surface area contributed by atoms with E-state index in [4.69, 9.17) is 5.73 Å². The Morgan fingerprint density at radius 1 is 0.947 bits per heavy atom. The Morgan fingerprint density at radius 2 is 1.42 bits per heavy atom. The number of carbonyl (C=O) groups is 1. The molecule has 0 saturated carbocycles. The smallest absolute Gasteiger partial charge is 0.368 e. The average molecular weight is 560 g/mol. The summed E-state index contributed by atoms with van der Waals surface area (Å²) < 4.78 is 95.4. The minimum atomic E-state index is -5.98. The highest BCUT2D eigenvalue weighted by molar-refractivity contribution is 7.92. The van der Waals surface area contributed by atoms with Crippen molar-refractivity contribution in [3.8, 4) is 17.2 Å². The quantitative estimate of drug-likeness (QED) is 0.289. The van der Waals surface area contributed by atoms with E-state index in [9.17, 15) is 40.4 Å². The van der Waals surface area contributed by atoms with Gasteiger partial charge in [0.25, 0.3) is 0 Å². The number of hydrogen-bond acceptors (Lipinski definition) is 5. The molecule has 0 spiro atoms. The third-order valence-corrected chi connectivity index (χ3v) is 8.26. The lowest BCUT2D eigenvalue weighted by Gasteiger charge is -2.40. The standard InChI is InChI=1S/C26H30F5N3O3S/c1-16(2)15-22(24(33)35)34(14-13-32)23(25(27,28)26(29,30)31)20-7-5-18(6-8-20)19-9-11-21(12-10-19)38(36,37)17(3)4/h5-12,16-17,22-23H,14-15H2,1-4H3,(H2,33,35)/t22-,23-/m0/s1. The molecule has 2 atom stereocenters. The molecule has 0 radical (unpaired) electrons. The maximum absolute atomic E-state index is 15.0. The summed E-state index contributed by atoms with van der Waals surface area (Å²) in [7, 11) is -3.52. The SMILES string of the molecule is CC(C)C[C@@H](C(N)=O)N(CC#N)[C@@H](c1ccc(-c2ccc(S(=O)(=O)C(C)C)cc2)cc1)C(F)(F)C(F)(F)F. The Labute approximate surface area is 219 Å².